The molecule has 0 aromatic carbocycles. The highest BCUT2D eigenvalue weighted by Crippen LogP contribution is 2.13. The number of nitrogens with zero attached hydrogens (tertiary/aromatic N) is 6. The van der Waals surface area contributed by atoms with Gasteiger partial charge in [0, 0.05) is 6.04 Å². The van der Waals surface area contributed by atoms with E-state index in [-0.39, 0.29) is 11.3 Å². The van der Waals surface area contributed by atoms with E-state index in [0.717, 1.165) is 12.8 Å². The molecule has 2 aromatic rings. The minimum atomic E-state index is 0.129. The summed E-state index contributed by atoms with van der Waals surface area (Å²) in [7, 11) is 0. The molecule has 20 heavy (non-hydrogen) atoms. The number of rotatable bonds is 6. The third-order valence-electron chi connectivity index (χ3n) is 2.77. The quantitative estimate of drug-likeness (QED) is 0.881. The lowest BCUT2D eigenvalue weighted by Gasteiger charge is -2.15. The van der Waals surface area contributed by atoms with Gasteiger partial charge >= 0.3 is 0 Å². The van der Waals surface area contributed by atoms with E-state index < -0.39 is 0 Å². The van der Waals surface area contributed by atoms with Crippen LogP contribution in [0.4, 0.5) is 5.95 Å². The standard InChI is InChI=1S/C12H18ClN7/c1-8(2)4-5-9(3)16-11-17-10(13)18-12(19-11)20-7-14-6-15-20/h6-9H,4-5H2,1-3H3,(H,16,17,18,19). The molecule has 8 heteroatoms. The Balaban J connectivity index is 2.08. The molecule has 0 aliphatic heterocycles. The predicted octanol–water partition coefficient (Wildman–Crippen LogP) is 2.34. The molecule has 0 aliphatic carbocycles. The van der Waals surface area contributed by atoms with Gasteiger partial charge in [-0.05, 0) is 37.3 Å². The maximum absolute atomic E-state index is 5.91. The Kier molecular flexibility index (Phi) is 4.84. The molecule has 108 valence electrons. The van der Waals surface area contributed by atoms with Crippen molar-refractivity contribution in [2.75, 3.05) is 5.32 Å². The second-order valence-corrected chi connectivity index (χ2v) is 5.42. The van der Waals surface area contributed by atoms with Crippen LogP contribution in [0.25, 0.3) is 5.95 Å². The first kappa shape index (κ1) is 14.6. The van der Waals surface area contributed by atoms with E-state index in [2.05, 4.69) is 51.1 Å². The number of nitrogens with one attached hydrogen (secondary N) is 1. The van der Waals surface area contributed by atoms with Gasteiger partial charge in [0.15, 0.2) is 0 Å². The van der Waals surface area contributed by atoms with Gasteiger partial charge in [0.25, 0.3) is 5.95 Å². The highest BCUT2D eigenvalue weighted by Gasteiger charge is 2.10. The van der Waals surface area contributed by atoms with Crippen LogP contribution in [0.3, 0.4) is 0 Å². The van der Waals surface area contributed by atoms with Crippen LogP contribution in [0.5, 0.6) is 0 Å². The normalized spacial score (nSPS) is 12.7. The first-order chi connectivity index (χ1) is 9.54. The summed E-state index contributed by atoms with van der Waals surface area (Å²) < 4.78 is 1.44. The van der Waals surface area contributed by atoms with Gasteiger partial charge in [-0.25, -0.2) is 4.98 Å². The Morgan fingerprint density at radius 1 is 1.20 bits per heavy atom. The van der Waals surface area contributed by atoms with Gasteiger partial charge < -0.3 is 5.32 Å². The highest BCUT2D eigenvalue weighted by molar-refractivity contribution is 6.28. The Labute approximate surface area is 122 Å². The summed E-state index contributed by atoms with van der Waals surface area (Å²) in [6.07, 6.45) is 5.11. The van der Waals surface area contributed by atoms with Crippen LogP contribution in [-0.4, -0.2) is 35.8 Å². The Bertz CT molecular complexity index is 541. The first-order valence-electron chi connectivity index (χ1n) is 6.57. The van der Waals surface area contributed by atoms with Gasteiger partial charge in [-0.1, -0.05) is 13.8 Å². The van der Waals surface area contributed by atoms with Crippen LogP contribution < -0.4 is 5.32 Å². The van der Waals surface area contributed by atoms with Gasteiger partial charge in [-0.3, -0.25) is 0 Å². The fourth-order valence-electron chi connectivity index (χ4n) is 1.69. The molecule has 1 atom stereocenters. The third kappa shape index (κ3) is 4.12. The monoisotopic (exact) mass is 295 g/mol. The number of hydrogen-bond donors (Lipinski definition) is 1. The van der Waals surface area contributed by atoms with Gasteiger partial charge in [0.05, 0.1) is 0 Å². The van der Waals surface area contributed by atoms with Crippen LogP contribution in [-0.2, 0) is 0 Å². The van der Waals surface area contributed by atoms with Crippen LogP contribution >= 0.6 is 11.6 Å². The van der Waals surface area contributed by atoms with Crippen molar-refractivity contribution in [3.05, 3.63) is 17.9 Å². The minimum absolute atomic E-state index is 0.129. The second kappa shape index (κ2) is 6.60. The molecule has 0 spiro atoms. The molecule has 0 saturated heterocycles. The second-order valence-electron chi connectivity index (χ2n) is 5.08. The third-order valence-corrected chi connectivity index (χ3v) is 2.94. The lowest BCUT2D eigenvalue weighted by Crippen LogP contribution is -2.19. The zero-order chi connectivity index (χ0) is 14.5. The average molecular weight is 296 g/mol. The van der Waals surface area contributed by atoms with Crippen molar-refractivity contribution in [1.29, 1.82) is 0 Å². The van der Waals surface area contributed by atoms with Crippen molar-refractivity contribution in [2.45, 2.75) is 39.7 Å². The largest absolute Gasteiger partial charge is 0.352 e. The molecule has 1 unspecified atom stereocenters. The molecule has 2 heterocycles. The van der Waals surface area contributed by atoms with Crippen molar-refractivity contribution in [3.63, 3.8) is 0 Å². The van der Waals surface area contributed by atoms with Gasteiger partial charge in [-0.15, -0.1) is 0 Å². The fourth-order valence-corrected chi connectivity index (χ4v) is 1.85. The summed E-state index contributed by atoms with van der Waals surface area (Å²) >= 11 is 5.91. The zero-order valence-electron chi connectivity index (χ0n) is 11.8. The molecule has 1 N–H and O–H groups in total. The highest BCUT2D eigenvalue weighted by atomic mass is 35.5. The van der Waals surface area contributed by atoms with Gasteiger partial charge in [0.2, 0.25) is 11.2 Å². The van der Waals surface area contributed by atoms with E-state index in [1.165, 1.54) is 17.3 Å². The fraction of sp³-hybridized carbons (Fsp3) is 0.583. The van der Waals surface area contributed by atoms with Gasteiger partial charge in [-0.2, -0.15) is 24.7 Å². The first-order valence-corrected chi connectivity index (χ1v) is 6.95. The molecule has 2 rings (SSSR count). The van der Waals surface area contributed by atoms with Crippen molar-refractivity contribution >= 4 is 17.5 Å². The van der Waals surface area contributed by atoms with Gasteiger partial charge in [0.1, 0.15) is 12.7 Å². The van der Waals surface area contributed by atoms with Crippen molar-refractivity contribution < 1.29 is 0 Å². The summed E-state index contributed by atoms with van der Waals surface area (Å²) in [6, 6.07) is 0.263. The van der Waals surface area contributed by atoms with E-state index in [0.29, 0.717) is 17.8 Å². The molecule has 7 nitrogen and oxygen atoms in total. The summed E-state index contributed by atoms with van der Waals surface area (Å²) in [4.78, 5) is 16.2. The topological polar surface area (TPSA) is 81.4 Å². The molecule has 0 amide bonds. The van der Waals surface area contributed by atoms with Crippen molar-refractivity contribution in [2.24, 2.45) is 5.92 Å². The lowest BCUT2D eigenvalue weighted by molar-refractivity contribution is 0.526. The Hall–Kier alpha value is -1.76. The van der Waals surface area contributed by atoms with E-state index in [1.807, 2.05) is 0 Å². The number of hydrogen-bond acceptors (Lipinski definition) is 6. The van der Waals surface area contributed by atoms with Crippen LogP contribution in [0.2, 0.25) is 5.28 Å². The molecular formula is C12H18ClN7. The average Bonchev–Trinajstić information content (AvgIpc) is 2.89. The van der Waals surface area contributed by atoms with Crippen molar-refractivity contribution in [1.82, 2.24) is 29.7 Å². The Morgan fingerprint density at radius 3 is 2.65 bits per heavy atom. The summed E-state index contributed by atoms with van der Waals surface area (Å²) in [5.41, 5.74) is 0. The molecule has 0 aliphatic rings. The zero-order valence-corrected chi connectivity index (χ0v) is 12.5. The molecule has 0 fully saturated rings. The molecule has 2 aromatic heterocycles. The Morgan fingerprint density at radius 2 is 2.00 bits per heavy atom. The van der Waals surface area contributed by atoms with Crippen LogP contribution in [0.15, 0.2) is 12.7 Å². The van der Waals surface area contributed by atoms with E-state index >= 15 is 0 Å². The van der Waals surface area contributed by atoms with Crippen molar-refractivity contribution in [3.8, 4) is 5.95 Å². The molecular weight excluding hydrogens is 278 g/mol. The van der Waals surface area contributed by atoms with Crippen LogP contribution in [0.1, 0.15) is 33.6 Å². The number of anilines is 1. The molecule has 0 saturated carbocycles. The number of aromatic nitrogens is 6. The number of halogens is 1. The molecule has 0 radical (unpaired) electrons. The molecule has 0 bridgehead atoms. The SMILES string of the molecule is CC(C)CCC(C)Nc1nc(Cl)nc(-n2cncn2)n1. The lowest BCUT2D eigenvalue weighted by atomic mass is 10.0. The minimum Gasteiger partial charge on any atom is -0.352 e. The maximum Gasteiger partial charge on any atom is 0.258 e. The van der Waals surface area contributed by atoms with E-state index in [9.17, 15) is 0 Å². The predicted molar refractivity (Wildman–Crippen MR) is 76.9 cm³/mol. The van der Waals surface area contributed by atoms with Crippen LogP contribution in [0, 0.1) is 5.92 Å². The maximum atomic E-state index is 5.91. The van der Waals surface area contributed by atoms with E-state index in [1.54, 1.807) is 0 Å². The summed E-state index contributed by atoms with van der Waals surface area (Å²) in [5.74, 6) is 1.47. The summed E-state index contributed by atoms with van der Waals surface area (Å²) in [5, 5.41) is 7.33. The smallest absolute Gasteiger partial charge is 0.258 e. The summed E-state index contributed by atoms with van der Waals surface area (Å²) in [6.45, 7) is 6.50. The van der Waals surface area contributed by atoms with E-state index in [4.69, 9.17) is 11.6 Å².